The summed E-state index contributed by atoms with van der Waals surface area (Å²) >= 11 is 0. The molecule has 15 heavy (non-hydrogen) atoms. The fourth-order valence-electron chi connectivity index (χ4n) is 0.299. The average molecular weight is 213 g/mol. The van der Waals surface area contributed by atoms with E-state index in [4.69, 9.17) is 5.73 Å². The lowest BCUT2D eigenvalue weighted by Gasteiger charge is -2.10. The van der Waals surface area contributed by atoms with Crippen molar-refractivity contribution in [2.75, 3.05) is 14.1 Å². The van der Waals surface area contributed by atoms with Crippen LogP contribution in [-0.4, -0.2) is 30.9 Å². The lowest BCUT2D eigenvalue weighted by molar-refractivity contribution is -0.121. The number of carbonyl (C=O) groups excluding carboxylic acids is 2. The highest BCUT2D eigenvalue weighted by Gasteiger charge is 1.99. The maximum atomic E-state index is 10.7. The Bertz CT molecular complexity index is 258. The first-order valence-electron chi connectivity index (χ1n) is 4.27. The first kappa shape index (κ1) is 15.8. The van der Waals surface area contributed by atoms with Gasteiger partial charge < -0.3 is 5.73 Å². The number of carbonyl (C=O) groups is 2. The van der Waals surface area contributed by atoms with Crippen LogP contribution in [0.2, 0.25) is 0 Å². The second kappa shape index (κ2) is 7.75. The van der Waals surface area contributed by atoms with Crippen LogP contribution < -0.4 is 11.2 Å². The third kappa shape index (κ3) is 12.4. The minimum absolute atomic E-state index is 0.139. The van der Waals surface area contributed by atoms with Gasteiger partial charge >= 0.3 is 0 Å². The van der Waals surface area contributed by atoms with Crippen molar-refractivity contribution in [3.63, 3.8) is 0 Å². The largest absolute Gasteiger partial charge is 0.366 e. The zero-order chi connectivity index (χ0) is 12.6. The van der Waals surface area contributed by atoms with Crippen LogP contribution in [0.4, 0.5) is 0 Å². The van der Waals surface area contributed by atoms with Gasteiger partial charge in [0.1, 0.15) is 0 Å². The summed E-state index contributed by atoms with van der Waals surface area (Å²) in [5, 5.41) is 1.58. The molecule has 0 aliphatic carbocycles. The van der Waals surface area contributed by atoms with Gasteiger partial charge in [0.15, 0.2) is 0 Å². The summed E-state index contributed by atoms with van der Waals surface area (Å²) in [7, 11) is 3.50. The molecule has 2 amide bonds. The fraction of sp³-hybridized carbons (Fsp3) is 0.400. The predicted molar refractivity (Wildman–Crippen MR) is 60.7 cm³/mol. The number of rotatable bonds is 3. The number of nitrogens with two attached hydrogens (primary N) is 1. The molecule has 0 aliphatic rings. The molecule has 0 saturated carbocycles. The van der Waals surface area contributed by atoms with Gasteiger partial charge in [0.25, 0.3) is 5.91 Å². The molecule has 0 rings (SSSR count). The Balaban J connectivity index is 0. The van der Waals surface area contributed by atoms with Crippen LogP contribution in [0.15, 0.2) is 24.3 Å². The summed E-state index contributed by atoms with van der Waals surface area (Å²) in [6.07, 6.45) is 0. The summed E-state index contributed by atoms with van der Waals surface area (Å²) in [5.74, 6) is -0.574. The summed E-state index contributed by atoms with van der Waals surface area (Å²) in [6.45, 7) is 9.99. The zero-order valence-electron chi connectivity index (χ0n) is 9.76. The quantitative estimate of drug-likeness (QED) is 0.519. The van der Waals surface area contributed by atoms with E-state index in [1.165, 1.54) is 0 Å². The molecule has 3 N–H and O–H groups in total. The van der Waals surface area contributed by atoms with Crippen molar-refractivity contribution in [1.82, 2.24) is 10.4 Å². The molecule has 0 spiro atoms. The topological polar surface area (TPSA) is 75.4 Å². The van der Waals surface area contributed by atoms with Crippen molar-refractivity contribution in [3.8, 4) is 0 Å². The Morgan fingerprint density at radius 2 is 1.47 bits per heavy atom. The third-order valence-corrected chi connectivity index (χ3v) is 1.13. The lowest BCUT2D eigenvalue weighted by atomic mass is 10.3. The second-order valence-corrected chi connectivity index (χ2v) is 3.26. The summed E-state index contributed by atoms with van der Waals surface area (Å²) < 4.78 is 0. The Labute approximate surface area is 90.6 Å². The highest BCUT2D eigenvalue weighted by Crippen LogP contribution is 1.84. The maximum Gasteiger partial charge on any atom is 0.260 e. The molecule has 0 unspecified atom stereocenters. The molecule has 5 nitrogen and oxygen atoms in total. The van der Waals surface area contributed by atoms with Crippen molar-refractivity contribution in [3.05, 3.63) is 24.3 Å². The smallest absolute Gasteiger partial charge is 0.260 e. The number of hydrogen-bond acceptors (Lipinski definition) is 3. The van der Waals surface area contributed by atoms with Crippen LogP contribution in [0.5, 0.6) is 0 Å². The van der Waals surface area contributed by atoms with Crippen molar-refractivity contribution in [2.45, 2.75) is 13.8 Å². The molecule has 0 radical (unpaired) electrons. The van der Waals surface area contributed by atoms with Crippen molar-refractivity contribution in [1.29, 1.82) is 0 Å². The van der Waals surface area contributed by atoms with Crippen molar-refractivity contribution >= 4 is 11.8 Å². The minimum Gasteiger partial charge on any atom is -0.366 e. The standard InChI is InChI=1S/C6H12N2O.C4H7NO/c1-5(2)6(9)7-8(3)4;1-3(2)4(5)6/h1H2,2-4H3,(H,7,9);1H2,2H3,(H2,5,6). The average Bonchev–Trinajstić information content (AvgIpc) is 2.03. The van der Waals surface area contributed by atoms with E-state index in [2.05, 4.69) is 18.6 Å². The molecule has 0 saturated heterocycles. The van der Waals surface area contributed by atoms with Gasteiger partial charge in [0, 0.05) is 25.2 Å². The molecule has 0 aromatic rings. The molecule has 0 aliphatic heterocycles. The van der Waals surface area contributed by atoms with Gasteiger partial charge in [-0.15, -0.1) is 0 Å². The Hall–Kier alpha value is -1.62. The Kier molecular flexibility index (Phi) is 8.18. The van der Waals surface area contributed by atoms with Crippen LogP contribution >= 0.6 is 0 Å². The lowest BCUT2D eigenvalue weighted by Crippen LogP contribution is -2.36. The number of primary amides is 1. The number of amides is 2. The van der Waals surface area contributed by atoms with E-state index in [0.29, 0.717) is 11.1 Å². The highest BCUT2D eigenvalue weighted by atomic mass is 16.2. The molecular formula is C10H19N3O2. The monoisotopic (exact) mass is 213 g/mol. The first-order valence-corrected chi connectivity index (χ1v) is 4.27. The molecule has 0 heterocycles. The van der Waals surface area contributed by atoms with Gasteiger partial charge in [0.05, 0.1) is 0 Å². The maximum absolute atomic E-state index is 10.7. The molecule has 86 valence electrons. The van der Waals surface area contributed by atoms with Crippen LogP contribution in [0.25, 0.3) is 0 Å². The SMILES string of the molecule is C=C(C)C(=O)NN(C)C.C=C(C)C(N)=O. The van der Waals surface area contributed by atoms with Crippen molar-refractivity contribution in [2.24, 2.45) is 5.73 Å². The second-order valence-electron chi connectivity index (χ2n) is 3.26. The first-order chi connectivity index (χ1) is 6.68. The van der Waals surface area contributed by atoms with E-state index >= 15 is 0 Å². The molecule has 0 aromatic heterocycles. The number of nitrogens with zero attached hydrogens (tertiary/aromatic N) is 1. The zero-order valence-corrected chi connectivity index (χ0v) is 9.76. The molecule has 0 atom stereocenters. The van der Waals surface area contributed by atoms with E-state index in [0.717, 1.165) is 0 Å². The molecule has 0 aromatic carbocycles. The fourth-order valence-corrected chi connectivity index (χ4v) is 0.299. The van der Waals surface area contributed by atoms with Gasteiger partial charge in [-0.2, -0.15) is 0 Å². The highest BCUT2D eigenvalue weighted by molar-refractivity contribution is 5.91. The minimum atomic E-state index is -0.435. The van der Waals surface area contributed by atoms with Gasteiger partial charge in [-0.25, -0.2) is 5.01 Å². The van der Waals surface area contributed by atoms with E-state index in [1.54, 1.807) is 33.0 Å². The summed E-state index contributed by atoms with van der Waals surface area (Å²) in [4.78, 5) is 20.5. The van der Waals surface area contributed by atoms with Gasteiger partial charge in [0.2, 0.25) is 5.91 Å². The number of hydrogen-bond donors (Lipinski definition) is 2. The number of nitrogens with one attached hydrogen (secondary N) is 1. The molecule has 5 heteroatoms. The van der Waals surface area contributed by atoms with Crippen LogP contribution in [0.3, 0.4) is 0 Å². The Morgan fingerprint density at radius 3 is 1.53 bits per heavy atom. The van der Waals surface area contributed by atoms with Gasteiger partial charge in [-0.1, -0.05) is 13.2 Å². The van der Waals surface area contributed by atoms with E-state index in [-0.39, 0.29) is 5.91 Å². The van der Waals surface area contributed by atoms with Crippen LogP contribution in [0, 0.1) is 0 Å². The van der Waals surface area contributed by atoms with Crippen LogP contribution in [-0.2, 0) is 9.59 Å². The van der Waals surface area contributed by atoms with E-state index in [1.807, 2.05) is 0 Å². The number of hydrazine groups is 1. The third-order valence-electron chi connectivity index (χ3n) is 1.13. The van der Waals surface area contributed by atoms with Crippen LogP contribution in [0.1, 0.15) is 13.8 Å². The van der Waals surface area contributed by atoms with Gasteiger partial charge in [-0.3, -0.25) is 15.0 Å². The molecule has 0 fully saturated rings. The van der Waals surface area contributed by atoms with E-state index < -0.39 is 5.91 Å². The van der Waals surface area contributed by atoms with E-state index in [9.17, 15) is 9.59 Å². The van der Waals surface area contributed by atoms with Gasteiger partial charge in [-0.05, 0) is 13.8 Å². The summed E-state index contributed by atoms with van der Waals surface area (Å²) in [6, 6.07) is 0. The molecule has 0 bridgehead atoms. The van der Waals surface area contributed by atoms with Crippen molar-refractivity contribution < 1.29 is 9.59 Å². The predicted octanol–water partition coefficient (Wildman–Crippen LogP) is 0.203. The summed E-state index contributed by atoms with van der Waals surface area (Å²) in [5.41, 5.74) is 8.15. The Morgan fingerprint density at radius 1 is 1.13 bits per heavy atom. The molecular weight excluding hydrogens is 194 g/mol. The normalized spacial score (nSPS) is 8.60.